The largest absolute Gasteiger partial charge is 0.302 e. The SMILES string of the molecule is Fc1cncc(C2NCc3ccccc32)c1. The summed E-state index contributed by atoms with van der Waals surface area (Å²) in [7, 11) is 0. The number of rotatable bonds is 1. The van der Waals surface area contributed by atoms with Crippen LogP contribution in [0.15, 0.2) is 42.7 Å². The molecule has 1 N–H and O–H groups in total. The first-order valence-corrected chi connectivity index (χ1v) is 5.26. The number of benzene rings is 1. The molecule has 0 spiro atoms. The molecule has 2 heterocycles. The number of halogens is 1. The molecule has 1 atom stereocenters. The Morgan fingerprint density at radius 1 is 1.25 bits per heavy atom. The third-order valence-corrected chi connectivity index (χ3v) is 2.92. The summed E-state index contributed by atoms with van der Waals surface area (Å²) in [6.45, 7) is 0.831. The molecule has 2 aromatic rings. The number of pyridine rings is 1. The summed E-state index contributed by atoms with van der Waals surface area (Å²) in [6.07, 6.45) is 2.94. The van der Waals surface area contributed by atoms with Gasteiger partial charge in [-0.1, -0.05) is 24.3 Å². The van der Waals surface area contributed by atoms with Crippen molar-refractivity contribution in [2.75, 3.05) is 0 Å². The number of fused-ring (bicyclic) bond motifs is 1. The minimum absolute atomic E-state index is 0.0689. The summed E-state index contributed by atoms with van der Waals surface area (Å²) in [5.74, 6) is -0.288. The molecular weight excluding hydrogens is 203 g/mol. The Morgan fingerprint density at radius 2 is 2.12 bits per heavy atom. The lowest BCUT2D eigenvalue weighted by Gasteiger charge is -2.11. The molecule has 1 unspecified atom stereocenters. The van der Waals surface area contributed by atoms with Crippen LogP contribution in [0.25, 0.3) is 0 Å². The summed E-state index contributed by atoms with van der Waals surface area (Å²) >= 11 is 0. The van der Waals surface area contributed by atoms with Crippen molar-refractivity contribution in [2.45, 2.75) is 12.6 Å². The molecule has 0 saturated carbocycles. The van der Waals surface area contributed by atoms with Crippen molar-refractivity contribution in [3.8, 4) is 0 Å². The molecule has 1 aromatic heterocycles. The monoisotopic (exact) mass is 214 g/mol. The van der Waals surface area contributed by atoms with E-state index in [0.29, 0.717) is 0 Å². The Labute approximate surface area is 93.1 Å². The van der Waals surface area contributed by atoms with Crippen molar-refractivity contribution in [1.29, 1.82) is 0 Å². The van der Waals surface area contributed by atoms with Crippen LogP contribution in [0.4, 0.5) is 4.39 Å². The molecule has 1 aliphatic rings. The highest BCUT2D eigenvalue weighted by molar-refractivity contribution is 5.40. The molecule has 0 amide bonds. The Kier molecular flexibility index (Phi) is 2.18. The van der Waals surface area contributed by atoms with Crippen molar-refractivity contribution in [1.82, 2.24) is 10.3 Å². The lowest BCUT2D eigenvalue weighted by molar-refractivity contribution is 0.606. The molecule has 16 heavy (non-hydrogen) atoms. The maximum atomic E-state index is 13.1. The molecule has 3 heteroatoms. The summed E-state index contributed by atoms with van der Waals surface area (Å²) in [6, 6.07) is 9.80. The Hall–Kier alpha value is -1.74. The van der Waals surface area contributed by atoms with Crippen LogP contribution in [-0.4, -0.2) is 4.98 Å². The predicted molar refractivity (Wildman–Crippen MR) is 59.3 cm³/mol. The first-order chi connectivity index (χ1) is 7.84. The molecule has 0 radical (unpaired) electrons. The molecule has 2 nitrogen and oxygen atoms in total. The smallest absolute Gasteiger partial charge is 0.141 e. The Morgan fingerprint density at radius 3 is 3.00 bits per heavy atom. The zero-order chi connectivity index (χ0) is 11.0. The standard InChI is InChI=1S/C13H11FN2/c14-11-5-10(6-15-8-11)13-12-4-2-1-3-9(12)7-16-13/h1-6,8,13,16H,7H2. The van der Waals surface area contributed by atoms with Crippen LogP contribution in [0.2, 0.25) is 0 Å². The van der Waals surface area contributed by atoms with Gasteiger partial charge in [0.05, 0.1) is 12.2 Å². The van der Waals surface area contributed by atoms with Crippen LogP contribution < -0.4 is 5.32 Å². The van der Waals surface area contributed by atoms with E-state index in [0.717, 1.165) is 12.1 Å². The second-order valence-electron chi connectivity index (χ2n) is 3.95. The van der Waals surface area contributed by atoms with Crippen molar-refractivity contribution in [3.63, 3.8) is 0 Å². The van der Waals surface area contributed by atoms with Gasteiger partial charge in [-0.05, 0) is 22.8 Å². The van der Waals surface area contributed by atoms with Crippen molar-refractivity contribution < 1.29 is 4.39 Å². The fourth-order valence-electron chi connectivity index (χ4n) is 2.18. The first kappa shape index (κ1) is 9.48. The van der Waals surface area contributed by atoms with E-state index in [9.17, 15) is 4.39 Å². The van der Waals surface area contributed by atoms with E-state index in [2.05, 4.69) is 22.4 Å². The van der Waals surface area contributed by atoms with Gasteiger partial charge in [0, 0.05) is 12.7 Å². The second-order valence-corrected chi connectivity index (χ2v) is 3.95. The molecular formula is C13H11FN2. The fourth-order valence-corrected chi connectivity index (χ4v) is 2.18. The Balaban J connectivity index is 2.05. The normalized spacial score (nSPS) is 18.4. The highest BCUT2D eigenvalue weighted by Gasteiger charge is 2.22. The minimum Gasteiger partial charge on any atom is -0.302 e. The zero-order valence-corrected chi connectivity index (χ0v) is 8.65. The summed E-state index contributed by atoms with van der Waals surface area (Å²) in [5.41, 5.74) is 3.37. The number of hydrogen-bond acceptors (Lipinski definition) is 2. The van der Waals surface area contributed by atoms with Gasteiger partial charge in [0.1, 0.15) is 5.82 Å². The molecule has 1 aromatic carbocycles. The van der Waals surface area contributed by atoms with Gasteiger partial charge in [-0.3, -0.25) is 4.98 Å². The summed E-state index contributed by atoms with van der Waals surface area (Å²) in [5, 5.41) is 3.36. The van der Waals surface area contributed by atoms with E-state index >= 15 is 0 Å². The second kappa shape index (κ2) is 3.68. The average molecular weight is 214 g/mol. The molecule has 80 valence electrons. The van der Waals surface area contributed by atoms with E-state index in [1.54, 1.807) is 6.20 Å². The lowest BCUT2D eigenvalue weighted by atomic mass is 10.00. The van der Waals surface area contributed by atoms with Gasteiger partial charge in [0.25, 0.3) is 0 Å². The zero-order valence-electron chi connectivity index (χ0n) is 8.65. The van der Waals surface area contributed by atoms with Gasteiger partial charge in [0.2, 0.25) is 0 Å². The molecule has 0 saturated heterocycles. The van der Waals surface area contributed by atoms with Crippen molar-refractivity contribution >= 4 is 0 Å². The van der Waals surface area contributed by atoms with Crippen LogP contribution >= 0.6 is 0 Å². The lowest BCUT2D eigenvalue weighted by Crippen LogP contribution is -2.13. The van der Waals surface area contributed by atoms with E-state index < -0.39 is 0 Å². The van der Waals surface area contributed by atoms with Crippen LogP contribution in [-0.2, 0) is 6.54 Å². The van der Waals surface area contributed by atoms with E-state index in [4.69, 9.17) is 0 Å². The number of nitrogens with one attached hydrogen (secondary N) is 1. The highest BCUT2D eigenvalue weighted by Crippen LogP contribution is 2.30. The summed E-state index contributed by atoms with van der Waals surface area (Å²) in [4.78, 5) is 3.89. The van der Waals surface area contributed by atoms with Gasteiger partial charge >= 0.3 is 0 Å². The molecule has 0 aliphatic carbocycles. The maximum absolute atomic E-state index is 13.1. The van der Waals surface area contributed by atoms with Crippen LogP contribution in [0.5, 0.6) is 0 Å². The van der Waals surface area contributed by atoms with Crippen LogP contribution in [0.3, 0.4) is 0 Å². The van der Waals surface area contributed by atoms with Gasteiger partial charge in [-0.2, -0.15) is 0 Å². The molecule has 0 fully saturated rings. The maximum Gasteiger partial charge on any atom is 0.141 e. The van der Waals surface area contributed by atoms with Crippen LogP contribution in [0.1, 0.15) is 22.7 Å². The first-order valence-electron chi connectivity index (χ1n) is 5.26. The Bertz CT molecular complexity index is 525. The van der Waals surface area contributed by atoms with Crippen molar-refractivity contribution in [3.05, 3.63) is 65.2 Å². The van der Waals surface area contributed by atoms with Gasteiger partial charge in [-0.15, -0.1) is 0 Å². The van der Waals surface area contributed by atoms with Gasteiger partial charge in [0.15, 0.2) is 0 Å². The number of hydrogen-bond donors (Lipinski definition) is 1. The minimum atomic E-state index is -0.288. The fraction of sp³-hybridized carbons (Fsp3) is 0.154. The number of nitrogens with zero attached hydrogens (tertiary/aromatic N) is 1. The molecule has 0 bridgehead atoms. The van der Waals surface area contributed by atoms with Crippen molar-refractivity contribution in [2.24, 2.45) is 0 Å². The third-order valence-electron chi connectivity index (χ3n) is 2.92. The molecule has 3 rings (SSSR count). The quantitative estimate of drug-likeness (QED) is 0.788. The van der Waals surface area contributed by atoms with E-state index in [1.165, 1.54) is 23.4 Å². The van der Waals surface area contributed by atoms with Crippen LogP contribution in [0, 0.1) is 5.82 Å². The average Bonchev–Trinajstić information content (AvgIpc) is 2.72. The highest BCUT2D eigenvalue weighted by atomic mass is 19.1. The number of aromatic nitrogens is 1. The topological polar surface area (TPSA) is 24.9 Å². The van der Waals surface area contributed by atoms with E-state index in [1.807, 2.05) is 12.1 Å². The third kappa shape index (κ3) is 1.49. The summed E-state index contributed by atoms with van der Waals surface area (Å²) < 4.78 is 13.1. The van der Waals surface area contributed by atoms with Gasteiger partial charge in [-0.25, -0.2) is 4.39 Å². The molecule has 1 aliphatic heterocycles. The predicted octanol–water partition coefficient (Wildman–Crippen LogP) is 2.41. The van der Waals surface area contributed by atoms with Gasteiger partial charge < -0.3 is 5.32 Å². The van der Waals surface area contributed by atoms with E-state index in [-0.39, 0.29) is 11.9 Å².